The number of thiophene rings is 1. The molecule has 0 bridgehead atoms. The van der Waals surface area contributed by atoms with E-state index >= 15 is 0 Å². The smallest absolute Gasteiger partial charge is 0.276 e. The van der Waals surface area contributed by atoms with E-state index in [1.807, 2.05) is 43.5 Å². The summed E-state index contributed by atoms with van der Waals surface area (Å²) in [6.45, 7) is 3.94. The van der Waals surface area contributed by atoms with Crippen molar-refractivity contribution < 1.29 is 4.79 Å². The lowest BCUT2D eigenvalue weighted by atomic mass is 10.1. The van der Waals surface area contributed by atoms with Crippen molar-refractivity contribution in [2.75, 3.05) is 11.1 Å². The lowest BCUT2D eigenvalue weighted by Crippen LogP contribution is -2.23. The van der Waals surface area contributed by atoms with Gasteiger partial charge >= 0.3 is 0 Å². The van der Waals surface area contributed by atoms with Crippen molar-refractivity contribution in [1.82, 2.24) is 9.55 Å². The summed E-state index contributed by atoms with van der Waals surface area (Å²) in [4.78, 5) is 30.4. The maximum Gasteiger partial charge on any atom is 0.276 e. The largest absolute Gasteiger partial charge is 0.325 e. The molecule has 0 saturated heterocycles. The van der Waals surface area contributed by atoms with Gasteiger partial charge in [-0.25, -0.2) is 4.98 Å². The molecule has 0 atom stereocenters. The van der Waals surface area contributed by atoms with E-state index < -0.39 is 0 Å². The molecular formula is C22H18ClN3O2S2. The van der Waals surface area contributed by atoms with Crippen molar-refractivity contribution in [3.63, 3.8) is 0 Å². The minimum absolute atomic E-state index is 0.111. The molecule has 0 spiro atoms. The number of carbonyl (C=O) groups is 1. The van der Waals surface area contributed by atoms with Gasteiger partial charge in [0.1, 0.15) is 4.70 Å². The second-order valence-corrected chi connectivity index (χ2v) is 9.10. The summed E-state index contributed by atoms with van der Waals surface area (Å²) in [5.41, 5.74) is 3.93. The highest BCUT2D eigenvalue weighted by atomic mass is 35.5. The van der Waals surface area contributed by atoms with Gasteiger partial charge in [-0.15, -0.1) is 11.3 Å². The van der Waals surface area contributed by atoms with Crippen LogP contribution in [0.2, 0.25) is 5.02 Å². The number of rotatable bonds is 5. The van der Waals surface area contributed by atoms with Gasteiger partial charge in [-0.2, -0.15) is 0 Å². The Kier molecular flexibility index (Phi) is 5.94. The van der Waals surface area contributed by atoms with E-state index in [9.17, 15) is 9.59 Å². The third kappa shape index (κ3) is 4.28. The number of amides is 1. The van der Waals surface area contributed by atoms with Crippen molar-refractivity contribution >= 4 is 56.5 Å². The van der Waals surface area contributed by atoms with Gasteiger partial charge in [0.25, 0.3) is 5.56 Å². The summed E-state index contributed by atoms with van der Waals surface area (Å²) in [5, 5.41) is 5.71. The molecule has 5 nitrogen and oxygen atoms in total. The Hall–Kier alpha value is -2.61. The molecule has 30 heavy (non-hydrogen) atoms. The van der Waals surface area contributed by atoms with Gasteiger partial charge in [0.15, 0.2) is 5.16 Å². The topological polar surface area (TPSA) is 64.0 Å². The Bertz CT molecular complexity index is 1310. The molecule has 0 radical (unpaired) electrons. The Morgan fingerprint density at radius 2 is 2.03 bits per heavy atom. The fraction of sp³-hybridized carbons (Fsp3) is 0.136. The zero-order valence-corrected chi connectivity index (χ0v) is 18.7. The molecule has 0 aliphatic rings. The van der Waals surface area contributed by atoms with Gasteiger partial charge < -0.3 is 5.32 Å². The number of aryl methyl sites for hydroxylation is 2. The number of thioether (sulfide) groups is 1. The number of anilines is 1. The van der Waals surface area contributed by atoms with E-state index in [1.54, 1.807) is 28.8 Å². The van der Waals surface area contributed by atoms with Gasteiger partial charge in [0.05, 0.1) is 17.0 Å². The average molecular weight is 456 g/mol. The van der Waals surface area contributed by atoms with Crippen LogP contribution in [0, 0.1) is 13.8 Å². The normalized spacial score (nSPS) is 11.0. The standard InChI is InChI=1S/C22H18ClN3O2S2/c1-13-6-7-14(2)18(10-13)26-21(28)20-17(8-9-29-20)25-22(26)30-12-19(27)24-16-5-3-4-15(23)11-16/h3-11H,12H2,1-2H3,(H,24,27). The molecule has 0 fully saturated rings. The zero-order chi connectivity index (χ0) is 21.3. The molecule has 152 valence electrons. The summed E-state index contributed by atoms with van der Waals surface area (Å²) in [5.74, 6) is -0.0890. The van der Waals surface area contributed by atoms with E-state index in [0.29, 0.717) is 26.1 Å². The van der Waals surface area contributed by atoms with Crippen LogP contribution in [0.15, 0.2) is 63.9 Å². The highest BCUT2D eigenvalue weighted by Gasteiger charge is 2.17. The van der Waals surface area contributed by atoms with Crippen molar-refractivity contribution in [2.45, 2.75) is 19.0 Å². The van der Waals surface area contributed by atoms with Gasteiger partial charge in [-0.1, -0.05) is 41.6 Å². The quantitative estimate of drug-likeness (QED) is 0.321. The third-order valence-electron chi connectivity index (χ3n) is 4.50. The molecule has 0 aliphatic heterocycles. The van der Waals surface area contributed by atoms with Gasteiger partial charge in [0, 0.05) is 10.7 Å². The maximum absolute atomic E-state index is 13.3. The van der Waals surface area contributed by atoms with E-state index in [2.05, 4.69) is 10.3 Å². The van der Waals surface area contributed by atoms with Crippen LogP contribution in [-0.4, -0.2) is 21.2 Å². The number of nitrogens with one attached hydrogen (secondary N) is 1. The van der Waals surface area contributed by atoms with Crippen LogP contribution in [0.25, 0.3) is 15.9 Å². The van der Waals surface area contributed by atoms with Crippen LogP contribution in [0.4, 0.5) is 5.69 Å². The summed E-state index contributed by atoms with van der Waals surface area (Å²) in [6.07, 6.45) is 0. The fourth-order valence-corrected chi connectivity index (χ4v) is 4.81. The van der Waals surface area contributed by atoms with Crippen LogP contribution < -0.4 is 10.9 Å². The summed E-state index contributed by atoms with van der Waals surface area (Å²) >= 11 is 8.58. The molecule has 1 N–H and O–H groups in total. The molecule has 0 unspecified atom stereocenters. The fourth-order valence-electron chi connectivity index (χ4n) is 3.06. The molecule has 4 rings (SSSR count). The number of aromatic nitrogens is 2. The highest BCUT2D eigenvalue weighted by Crippen LogP contribution is 2.26. The lowest BCUT2D eigenvalue weighted by Gasteiger charge is -2.15. The third-order valence-corrected chi connectivity index (χ3v) is 6.56. The van der Waals surface area contributed by atoms with Gasteiger partial charge in [0.2, 0.25) is 5.91 Å². The van der Waals surface area contributed by atoms with Crippen LogP contribution >= 0.6 is 34.7 Å². The van der Waals surface area contributed by atoms with Crippen LogP contribution in [-0.2, 0) is 4.79 Å². The molecular weight excluding hydrogens is 438 g/mol. The predicted molar refractivity (Wildman–Crippen MR) is 125 cm³/mol. The first-order chi connectivity index (χ1) is 14.4. The van der Waals surface area contributed by atoms with Crippen molar-refractivity contribution in [3.8, 4) is 5.69 Å². The van der Waals surface area contributed by atoms with E-state index in [0.717, 1.165) is 16.8 Å². The SMILES string of the molecule is Cc1ccc(C)c(-n2c(SCC(=O)Nc3cccc(Cl)c3)nc3ccsc3c2=O)c1. The first-order valence-corrected chi connectivity index (χ1v) is 11.4. The molecule has 2 heterocycles. The molecule has 4 aromatic rings. The number of benzene rings is 2. The predicted octanol–water partition coefficient (Wildman–Crippen LogP) is 5.45. The number of carbonyl (C=O) groups excluding carboxylic acids is 1. The number of hydrogen-bond acceptors (Lipinski definition) is 5. The van der Waals surface area contributed by atoms with Gasteiger partial charge in [-0.05, 0) is 60.7 Å². The number of halogens is 1. The van der Waals surface area contributed by atoms with Crippen molar-refractivity contribution in [1.29, 1.82) is 0 Å². The molecule has 0 aliphatic carbocycles. The Balaban J connectivity index is 1.68. The number of fused-ring (bicyclic) bond motifs is 1. The second kappa shape index (κ2) is 8.63. The maximum atomic E-state index is 13.3. The average Bonchev–Trinajstić information content (AvgIpc) is 3.18. The summed E-state index contributed by atoms with van der Waals surface area (Å²) in [7, 11) is 0. The molecule has 2 aromatic heterocycles. The second-order valence-electron chi connectivity index (χ2n) is 6.81. The lowest BCUT2D eigenvalue weighted by molar-refractivity contribution is -0.113. The van der Waals surface area contributed by atoms with E-state index in [1.165, 1.54) is 23.1 Å². The first-order valence-electron chi connectivity index (χ1n) is 9.18. The summed E-state index contributed by atoms with van der Waals surface area (Å²) in [6, 6.07) is 14.8. The van der Waals surface area contributed by atoms with Crippen molar-refractivity contribution in [3.05, 3.63) is 80.4 Å². The number of hydrogen-bond donors (Lipinski definition) is 1. The first kappa shape index (κ1) is 20.7. The van der Waals surface area contributed by atoms with E-state index in [-0.39, 0.29) is 17.2 Å². The van der Waals surface area contributed by atoms with Crippen LogP contribution in [0.3, 0.4) is 0 Å². The molecule has 1 amide bonds. The molecule has 2 aromatic carbocycles. The monoisotopic (exact) mass is 455 g/mol. The van der Waals surface area contributed by atoms with Crippen LogP contribution in [0.5, 0.6) is 0 Å². The summed E-state index contributed by atoms with van der Waals surface area (Å²) < 4.78 is 2.21. The minimum atomic E-state index is -0.200. The van der Waals surface area contributed by atoms with E-state index in [4.69, 9.17) is 11.6 Å². The van der Waals surface area contributed by atoms with Crippen LogP contribution in [0.1, 0.15) is 11.1 Å². The molecule has 8 heteroatoms. The highest BCUT2D eigenvalue weighted by molar-refractivity contribution is 7.99. The Labute approximate surface area is 186 Å². The number of nitrogens with zero attached hydrogens (tertiary/aromatic N) is 2. The molecule has 0 saturated carbocycles. The Morgan fingerprint density at radius 3 is 2.83 bits per heavy atom. The Morgan fingerprint density at radius 1 is 1.20 bits per heavy atom. The van der Waals surface area contributed by atoms with Gasteiger partial charge in [-0.3, -0.25) is 14.2 Å². The minimum Gasteiger partial charge on any atom is -0.325 e. The van der Waals surface area contributed by atoms with Crippen molar-refractivity contribution in [2.24, 2.45) is 0 Å². The zero-order valence-electron chi connectivity index (χ0n) is 16.3.